The van der Waals surface area contributed by atoms with Crippen LogP contribution >= 0.6 is 0 Å². The van der Waals surface area contributed by atoms with Gasteiger partial charge in [-0.1, -0.05) is 0 Å². The summed E-state index contributed by atoms with van der Waals surface area (Å²) in [6.45, 7) is -0.413. The number of alkyl halides is 3. The minimum atomic E-state index is -4.61. The highest BCUT2D eigenvalue weighted by Gasteiger charge is 2.49. The summed E-state index contributed by atoms with van der Waals surface area (Å²) in [5, 5.41) is 18.5. The fraction of sp³-hybridized carbons (Fsp3) is 0.375. The number of carboxylic acid groups (broad SMARTS) is 2. The molecule has 1 unspecified atom stereocenters. The number of hydrogen-bond donors (Lipinski definition) is 2. The molecule has 8 nitrogen and oxygen atoms in total. The van der Waals surface area contributed by atoms with E-state index in [1.807, 2.05) is 0 Å². The van der Waals surface area contributed by atoms with Gasteiger partial charge in [0.15, 0.2) is 5.41 Å². The molecule has 0 aliphatic carbocycles. The van der Waals surface area contributed by atoms with Crippen LogP contribution in [-0.4, -0.2) is 63.5 Å². The van der Waals surface area contributed by atoms with Crippen LogP contribution in [0.1, 0.15) is 22.8 Å². The van der Waals surface area contributed by atoms with Gasteiger partial charge >= 0.3 is 18.2 Å². The molecular weight excluding hydrogens is 373 g/mol. The Morgan fingerprint density at radius 2 is 1.63 bits per heavy atom. The van der Waals surface area contributed by atoms with Crippen molar-refractivity contribution >= 4 is 23.9 Å². The number of rotatable bonds is 2. The second-order valence-electron chi connectivity index (χ2n) is 6.18. The summed E-state index contributed by atoms with van der Waals surface area (Å²) in [5.41, 5.74) is -3.46. The van der Waals surface area contributed by atoms with Gasteiger partial charge in [-0.05, 0) is 31.2 Å². The Kier molecular flexibility index (Phi) is 5.16. The Bertz CT molecular complexity index is 792. The van der Waals surface area contributed by atoms with Crippen molar-refractivity contribution in [2.24, 2.45) is 5.41 Å². The van der Waals surface area contributed by atoms with Crippen LogP contribution in [0.3, 0.4) is 0 Å². The summed E-state index contributed by atoms with van der Waals surface area (Å²) in [7, 11) is 0. The zero-order valence-electron chi connectivity index (χ0n) is 14.0. The van der Waals surface area contributed by atoms with Crippen LogP contribution in [-0.2, 0) is 15.8 Å². The number of aliphatic carboxylic acids is 1. The monoisotopic (exact) mass is 388 g/mol. The molecule has 3 amide bonds. The number of carboxylic acids is 1. The highest BCUT2D eigenvalue weighted by molar-refractivity contribution is 6.12. The number of nitrogens with zero attached hydrogens (tertiary/aromatic N) is 2. The number of imide groups is 1. The summed E-state index contributed by atoms with van der Waals surface area (Å²) < 4.78 is 37.9. The largest absolute Gasteiger partial charge is 0.480 e. The molecule has 1 fully saturated rings. The molecule has 0 spiro atoms. The molecule has 2 N–H and O–H groups in total. The van der Waals surface area contributed by atoms with Gasteiger partial charge in [0.2, 0.25) is 5.91 Å². The quantitative estimate of drug-likeness (QED) is 0.589. The molecule has 146 valence electrons. The van der Waals surface area contributed by atoms with Crippen LogP contribution in [0.5, 0.6) is 0 Å². The molecule has 1 aliphatic heterocycles. The lowest BCUT2D eigenvalue weighted by molar-refractivity contribution is -0.157. The lowest BCUT2D eigenvalue weighted by atomic mass is 9.88. The highest BCUT2D eigenvalue weighted by Crippen LogP contribution is 2.30. The van der Waals surface area contributed by atoms with Gasteiger partial charge in [0.25, 0.3) is 5.91 Å². The third-order valence-electron chi connectivity index (χ3n) is 4.26. The van der Waals surface area contributed by atoms with E-state index in [0.717, 1.165) is 19.1 Å². The van der Waals surface area contributed by atoms with Gasteiger partial charge in [0.1, 0.15) is 0 Å². The van der Waals surface area contributed by atoms with Crippen LogP contribution in [0.25, 0.3) is 0 Å². The highest BCUT2D eigenvalue weighted by atomic mass is 19.4. The summed E-state index contributed by atoms with van der Waals surface area (Å²) in [4.78, 5) is 49.3. The number of halogens is 3. The molecule has 1 aromatic rings. The van der Waals surface area contributed by atoms with E-state index >= 15 is 0 Å². The molecule has 27 heavy (non-hydrogen) atoms. The maximum Gasteiger partial charge on any atom is 0.416 e. The summed E-state index contributed by atoms with van der Waals surface area (Å²) in [5.74, 6) is -3.76. The molecule has 2 rings (SSSR count). The van der Waals surface area contributed by atoms with Gasteiger partial charge < -0.3 is 15.1 Å². The van der Waals surface area contributed by atoms with E-state index in [4.69, 9.17) is 5.11 Å². The predicted molar refractivity (Wildman–Crippen MR) is 82.8 cm³/mol. The van der Waals surface area contributed by atoms with Crippen LogP contribution < -0.4 is 0 Å². The van der Waals surface area contributed by atoms with Crippen LogP contribution in [0.4, 0.5) is 18.0 Å². The Balaban J connectivity index is 2.38. The average molecular weight is 388 g/mol. The first-order valence-corrected chi connectivity index (χ1v) is 7.63. The molecule has 11 heteroatoms. The van der Waals surface area contributed by atoms with Crippen LogP contribution in [0, 0.1) is 5.41 Å². The number of benzene rings is 1. The second-order valence-corrected chi connectivity index (χ2v) is 6.18. The predicted octanol–water partition coefficient (Wildman–Crippen LogP) is 1.76. The molecule has 1 aromatic carbocycles. The summed E-state index contributed by atoms with van der Waals surface area (Å²) in [6.07, 6.45) is -6.07. The van der Waals surface area contributed by atoms with Crippen molar-refractivity contribution < 1.29 is 42.6 Å². The Morgan fingerprint density at radius 1 is 1.07 bits per heavy atom. The second kappa shape index (κ2) is 6.89. The molecule has 1 saturated heterocycles. The Morgan fingerprint density at radius 3 is 2.07 bits per heavy atom. The maximum absolute atomic E-state index is 12.6. The van der Waals surface area contributed by atoms with Crippen molar-refractivity contribution in [1.82, 2.24) is 9.80 Å². The van der Waals surface area contributed by atoms with E-state index in [-0.39, 0.29) is 12.1 Å². The van der Waals surface area contributed by atoms with Gasteiger partial charge in [0.05, 0.1) is 5.56 Å². The number of amides is 3. The van der Waals surface area contributed by atoms with Gasteiger partial charge in [-0.3, -0.25) is 19.3 Å². The van der Waals surface area contributed by atoms with E-state index < -0.39 is 54.1 Å². The van der Waals surface area contributed by atoms with E-state index in [1.54, 1.807) is 0 Å². The van der Waals surface area contributed by atoms with E-state index in [2.05, 4.69) is 0 Å². The zero-order chi connectivity index (χ0) is 20.6. The molecule has 0 saturated carbocycles. The van der Waals surface area contributed by atoms with Crippen molar-refractivity contribution in [2.45, 2.75) is 13.1 Å². The van der Waals surface area contributed by atoms with Crippen LogP contribution in [0.2, 0.25) is 0 Å². The third-order valence-corrected chi connectivity index (χ3v) is 4.26. The first-order chi connectivity index (χ1) is 12.4. The Hall–Kier alpha value is -3.11. The first-order valence-electron chi connectivity index (χ1n) is 7.63. The molecule has 1 heterocycles. The third kappa shape index (κ3) is 3.86. The lowest BCUT2D eigenvalue weighted by Gasteiger charge is -2.27. The van der Waals surface area contributed by atoms with Gasteiger partial charge in [0, 0.05) is 25.2 Å². The van der Waals surface area contributed by atoms with Crippen molar-refractivity contribution in [3.05, 3.63) is 35.4 Å². The molecule has 0 radical (unpaired) electrons. The Labute approximate surface area is 150 Å². The van der Waals surface area contributed by atoms with E-state index in [9.17, 15) is 37.5 Å². The van der Waals surface area contributed by atoms with Crippen LogP contribution in [0.15, 0.2) is 24.3 Å². The smallest absolute Gasteiger partial charge is 0.416 e. The number of carbonyl (C=O) groups is 4. The van der Waals surface area contributed by atoms with Gasteiger partial charge in [-0.2, -0.15) is 13.2 Å². The number of carbonyl (C=O) groups excluding carboxylic acids is 2. The normalized spacial score (nSPS) is 21.0. The molecule has 1 aliphatic rings. The number of hydrogen-bond acceptors (Lipinski definition) is 4. The topological polar surface area (TPSA) is 115 Å². The fourth-order valence-electron chi connectivity index (χ4n) is 2.62. The first kappa shape index (κ1) is 20.2. The average Bonchev–Trinajstić information content (AvgIpc) is 2.72. The van der Waals surface area contributed by atoms with Crippen molar-refractivity contribution in [3.63, 3.8) is 0 Å². The maximum atomic E-state index is 12.6. The van der Waals surface area contributed by atoms with Crippen molar-refractivity contribution in [2.75, 3.05) is 19.6 Å². The molecule has 0 aromatic heterocycles. The standard InChI is InChI=1S/C16H15F3N2O6/c1-15(13(24)25)8-20(14(26)27)6-7-21(12(15)23)11(22)9-2-4-10(5-3-9)16(17,18)19/h2-5H,6-8H2,1H3,(H,24,25)(H,26,27). The molecule has 1 atom stereocenters. The van der Waals surface area contributed by atoms with Gasteiger partial charge in [-0.15, -0.1) is 0 Å². The van der Waals surface area contributed by atoms with E-state index in [0.29, 0.717) is 21.9 Å². The summed E-state index contributed by atoms with van der Waals surface area (Å²) in [6, 6.07) is 3.07. The summed E-state index contributed by atoms with van der Waals surface area (Å²) >= 11 is 0. The SMILES string of the molecule is CC1(C(=O)O)CN(C(=O)O)CCN(C(=O)c2ccc(C(F)(F)F)cc2)C1=O. The zero-order valence-corrected chi connectivity index (χ0v) is 14.0. The fourth-order valence-corrected chi connectivity index (χ4v) is 2.62. The van der Waals surface area contributed by atoms with E-state index in [1.165, 1.54) is 0 Å². The van der Waals surface area contributed by atoms with Crippen molar-refractivity contribution in [3.8, 4) is 0 Å². The molecular formula is C16H15F3N2O6. The van der Waals surface area contributed by atoms with Crippen molar-refractivity contribution in [1.29, 1.82) is 0 Å². The lowest BCUT2D eigenvalue weighted by Crippen LogP contribution is -2.51. The minimum Gasteiger partial charge on any atom is -0.480 e. The molecule has 0 bridgehead atoms. The minimum absolute atomic E-state index is 0.257. The van der Waals surface area contributed by atoms with Gasteiger partial charge in [-0.25, -0.2) is 4.79 Å².